The monoisotopic (exact) mass is 403 g/mol. The van der Waals surface area contributed by atoms with E-state index in [1.807, 2.05) is 0 Å². The normalized spacial score (nSPS) is 12.0. The zero-order valence-electron chi connectivity index (χ0n) is 15.7. The molecule has 2 heterocycles. The standard InChI is InChI=1S/C19H18FN3O4S/c1-9-14(18(25)26-4)10(2)21-15(9)16(24)11(3)28-19-23-22-17(27-19)12-7-5-6-8-13(12)20/h5-8,11,21H,1-4H3/t11-/m1/s1. The minimum absolute atomic E-state index is 0.0418. The van der Waals surface area contributed by atoms with Gasteiger partial charge < -0.3 is 14.1 Å². The highest BCUT2D eigenvalue weighted by molar-refractivity contribution is 8.00. The van der Waals surface area contributed by atoms with Crippen LogP contribution in [-0.2, 0) is 4.74 Å². The predicted molar refractivity (Wildman–Crippen MR) is 101 cm³/mol. The molecule has 0 saturated heterocycles. The number of Topliss-reactive ketones (excluding diaryl/α,β-unsaturated/α-hetero) is 1. The van der Waals surface area contributed by atoms with E-state index in [-0.39, 0.29) is 22.5 Å². The third-order valence-electron chi connectivity index (χ3n) is 4.23. The molecule has 9 heteroatoms. The number of thioether (sulfide) groups is 1. The van der Waals surface area contributed by atoms with Crippen molar-refractivity contribution in [1.82, 2.24) is 15.2 Å². The number of benzene rings is 1. The number of methoxy groups -OCH3 is 1. The third-order valence-corrected chi connectivity index (χ3v) is 5.17. The Bertz CT molecular complexity index is 1040. The Morgan fingerprint density at radius 3 is 2.64 bits per heavy atom. The van der Waals surface area contributed by atoms with Gasteiger partial charge in [-0.1, -0.05) is 23.9 Å². The molecule has 3 rings (SSSR count). The number of carbonyl (C=O) groups is 2. The number of halogens is 1. The van der Waals surface area contributed by atoms with Gasteiger partial charge in [-0.25, -0.2) is 9.18 Å². The second-order valence-corrected chi connectivity index (χ2v) is 7.39. The van der Waals surface area contributed by atoms with Crippen LogP contribution in [0.5, 0.6) is 0 Å². The first kappa shape index (κ1) is 19.8. The topological polar surface area (TPSA) is 98.1 Å². The number of aryl methyl sites for hydroxylation is 1. The quantitative estimate of drug-likeness (QED) is 0.378. The lowest BCUT2D eigenvalue weighted by Crippen LogP contribution is -2.15. The molecular formula is C19H18FN3O4S. The zero-order chi connectivity index (χ0) is 20.4. The summed E-state index contributed by atoms with van der Waals surface area (Å²) in [6.45, 7) is 5.07. The summed E-state index contributed by atoms with van der Waals surface area (Å²) in [5.41, 5.74) is 1.96. The average Bonchev–Trinajstić information content (AvgIpc) is 3.25. The van der Waals surface area contributed by atoms with Gasteiger partial charge in [0.2, 0.25) is 0 Å². The zero-order valence-corrected chi connectivity index (χ0v) is 16.5. The summed E-state index contributed by atoms with van der Waals surface area (Å²) in [6, 6.07) is 6.06. The molecule has 0 spiro atoms. The Morgan fingerprint density at radius 2 is 1.96 bits per heavy atom. The molecule has 0 unspecified atom stereocenters. The molecule has 1 N–H and O–H groups in total. The first-order valence-corrected chi connectivity index (χ1v) is 9.28. The van der Waals surface area contributed by atoms with Crippen molar-refractivity contribution in [1.29, 1.82) is 0 Å². The number of esters is 1. The summed E-state index contributed by atoms with van der Waals surface area (Å²) < 4.78 is 24.1. The molecule has 0 bridgehead atoms. The fraction of sp³-hybridized carbons (Fsp3) is 0.263. The first-order chi connectivity index (χ1) is 13.3. The van der Waals surface area contributed by atoms with Crippen LogP contribution in [0.1, 0.15) is 39.0 Å². The second kappa shape index (κ2) is 7.97. The highest BCUT2D eigenvalue weighted by Crippen LogP contribution is 2.30. The number of nitrogens with zero attached hydrogens (tertiary/aromatic N) is 2. The summed E-state index contributed by atoms with van der Waals surface area (Å²) in [7, 11) is 1.29. The van der Waals surface area contributed by atoms with Crippen LogP contribution in [0.15, 0.2) is 33.9 Å². The Morgan fingerprint density at radius 1 is 1.25 bits per heavy atom. The van der Waals surface area contributed by atoms with Crippen LogP contribution in [0.3, 0.4) is 0 Å². The third kappa shape index (κ3) is 3.70. The van der Waals surface area contributed by atoms with Gasteiger partial charge in [-0.2, -0.15) is 0 Å². The summed E-state index contributed by atoms with van der Waals surface area (Å²) in [5, 5.41) is 7.30. The van der Waals surface area contributed by atoms with E-state index < -0.39 is 17.0 Å². The molecule has 0 aliphatic carbocycles. The van der Waals surface area contributed by atoms with Crippen molar-refractivity contribution in [2.75, 3.05) is 7.11 Å². The van der Waals surface area contributed by atoms with Crippen LogP contribution < -0.4 is 0 Å². The number of carbonyl (C=O) groups excluding carboxylic acids is 2. The highest BCUT2D eigenvalue weighted by Gasteiger charge is 2.27. The molecule has 0 fully saturated rings. The summed E-state index contributed by atoms with van der Waals surface area (Å²) in [6.07, 6.45) is 0. The number of rotatable bonds is 6. The number of hydrogen-bond acceptors (Lipinski definition) is 7. The van der Waals surface area contributed by atoms with Gasteiger partial charge in [0.05, 0.1) is 29.2 Å². The number of aromatic nitrogens is 3. The molecule has 0 aliphatic rings. The molecule has 0 aliphatic heterocycles. The van der Waals surface area contributed by atoms with Crippen LogP contribution in [0.25, 0.3) is 11.5 Å². The molecule has 28 heavy (non-hydrogen) atoms. The molecule has 7 nitrogen and oxygen atoms in total. The molecule has 0 radical (unpaired) electrons. The van der Waals surface area contributed by atoms with Crippen molar-refractivity contribution in [3.8, 4) is 11.5 Å². The van der Waals surface area contributed by atoms with Gasteiger partial charge in [0, 0.05) is 5.69 Å². The van der Waals surface area contributed by atoms with E-state index in [0.717, 1.165) is 11.8 Å². The number of ketones is 1. The van der Waals surface area contributed by atoms with E-state index >= 15 is 0 Å². The predicted octanol–water partition coefficient (Wildman–Crippen LogP) is 3.97. The Balaban J connectivity index is 1.79. The Kier molecular flexibility index (Phi) is 5.64. The lowest BCUT2D eigenvalue weighted by Gasteiger charge is -2.07. The Labute approximate surface area is 164 Å². The van der Waals surface area contributed by atoms with Crippen LogP contribution in [0, 0.1) is 19.7 Å². The van der Waals surface area contributed by atoms with E-state index in [2.05, 4.69) is 15.2 Å². The fourth-order valence-corrected chi connectivity index (χ4v) is 3.56. The summed E-state index contributed by atoms with van der Waals surface area (Å²) in [4.78, 5) is 27.7. The molecule has 3 aromatic rings. The summed E-state index contributed by atoms with van der Waals surface area (Å²) >= 11 is 1.06. The maximum atomic E-state index is 13.8. The average molecular weight is 403 g/mol. The lowest BCUT2D eigenvalue weighted by atomic mass is 10.1. The van der Waals surface area contributed by atoms with E-state index in [9.17, 15) is 14.0 Å². The molecule has 1 atom stereocenters. The van der Waals surface area contributed by atoms with E-state index in [1.165, 1.54) is 19.2 Å². The Hall–Kier alpha value is -2.94. The van der Waals surface area contributed by atoms with Gasteiger partial charge in [-0.15, -0.1) is 10.2 Å². The van der Waals surface area contributed by atoms with Crippen molar-refractivity contribution >= 4 is 23.5 Å². The van der Waals surface area contributed by atoms with Gasteiger partial charge in [0.25, 0.3) is 11.1 Å². The number of hydrogen-bond donors (Lipinski definition) is 1. The first-order valence-electron chi connectivity index (χ1n) is 8.40. The minimum Gasteiger partial charge on any atom is -0.465 e. The molecule has 146 valence electrons. The minimum atomic E-state index is -0.573. The van der Waals surface area contributed by atoms with Gasteiger partial charge in [0.15, 0.2) is 5.78 Å². The maximum absolute atomic E-state index is 13.8. The SMILES string of the molecule is COC(=O)c1c(C)[nH]c(C(=O)[C@@H](C)Sc2nnc(-c3ccccc3F)o2)c1C. The highest BCUT2D eigenvalue weighted by atomic mass is 32.2. The van der Waals surface area contributed by atoms with Crippen LogP contribution in [0.2, 0.25) is 0 Å². The number of H-pyrrole nitrogens is 1. The van der Waals surface area contributed by atoms with Crippen LogP contribution >= 0.6 is 11.8 Å². The van der Waals surface area contributed by atoms with Crippen molar-refractivity contribution in [2.24, 2.45) is 0 Å². The molecule has 0 saturated carbocycles. The van der Waals surface area contributed by atoms with Crippen molar-refractivity contribution in [3.05, 3.63) is 52.6 Å². The molecule has 2 aromatic heterocycles. The molecule has 0 amide bonds. The molecule has 1 aromatic carbocycles. The fourth-order valence-electron chi connectivity index (χ4n) is 2.81. The number of aromatic amines is 1. The van der Waals surface area contributed by atoms with Crippen molar-refractivity contribution in [2.45, 2.75) is 31.2 Å². The smallest absolute Gasteiger partial charge is 0.339 e. The maximum Gasteiger partial charge on any atom is 0.339 e. The van der Waals surface area contributed by atoms with Gasteiger partial charge in [-0.3, -0.25) is 4.79 Å². The van der Waals surface area contributed by atoms with Crippen LogP contribution in [-0.4, -0.2) is 39.3 Å². The van der Waals surface area contributed by atoms with Gasteiger partial charge >= 0.3 is 5.97 Å². The van der Waals surface area contributed by atoms with E-state index in [4.69, 9.17) is 9.15 Å². The van der Waals surface area contributed by atoms with E-state index in [0.29, 0.717) is 22.5 Å². The van der Waals surface area contributed by atoms with Gasteiger partial charge in [-0.05, 0) is 38.5 Å². The van der Waals surface area contributed by atoms with Gasteiger partial charge in [0.1, 0.15) is 5.82 Å². The van der Waals surface area contributed by atoms with Crippen molar-refractivity contribution in [3.63, 3.8) is 0 Å². The number of ether oxygens (including phenoxy) is 1. The lowest BCUT2D eigenvalue weighted by molar-refractivity contribution is 0.0599. The second-order valence-electron chi connectivity index (χ2n) is 6.09. The van der Waals surface area contributed by atoms with E-state index in [1.54, 1.807) is 32.9 Å². The van der Waals surface area contributed by atoms with Crippen molar-refractivity contribution < 1.29 is 23.1 Å². The largest absolute Gasteiger partial charge is 0.465 e. The number of nitrogens with one attached hydrogen (secondary N) is 1. The summed E-state index contributed by atoms with van der Waals surface area (Å²) in [5.74, 6) is -1.16. The van der Waals surface area contributed by atoms with Crippen LogP contribution in [0.4, 0.5) is 4.39 Å². The molecular weight excluding hydrogens is 385 g/mol.